The number of hydrogen-bond donors (Lipinski definition) is 2. The maximum absolute atomic E-state index is 11.8. The molecule has 1 aliphatic rings. The van der Waals surface area contributed by atoms with Crippen molar-refractivity contribution in [1.29, 1.82) is 0 Å². The molecule has 1 aromatic carbocycles. The van der Waals surface area contributed by atoms with Crippen LogP contribution in [-0.4, -0.2) is 50.1 Å². The van der Waals surface area contributed by atoms with Gasteiger partial charge >= 0.3 is 0 Å². The molecule has 0 aromatic heterocycles. The van der Waals surface area contributed by atoms with E-state index in [0.717, 1.165) is 51.5 Å². The van der Waals surface area contributed by atoms with Gasteiger partial charge in [0.15, 0.2) is 5.96 Å². The third-order valence-corrected chi connectivity index (χ3v) is 4.62. The van der Waals surface area contributed by atoms with E-state index in [0.29, 0.717) is 19.5 Å². The Kier molecular flexibility index (Phi) is 9.69. The predicted molar refractivity (Wildman–Crippen MR) is 110 cm³/mol. The summed E-state index contributed by atoms with van der Waals surface area (Å²) in [6.45, 7) is 6.92. The summed E-state index contributed by atoms with van der Waals surface area (Å²) < 4.78 is 5.57. The Morgan fingerprint density at radius 2 is 2.04 bits per heavy atom. The Balaban J connectivity index is 1.69. The van der Waals surface area contributed by atoms with E-state index in [1.807, 2.05) is 4.90 Å². The van der Waals surface area contributed by atoms with Gasteiger partial charge in [0.05, 0.1) is 0 Å². The number of rotatable bonds is 11. The molecule has 150 valence electrons. The number of nitrogens with one attached hydrogen (secondary N) is 2. The fourth-order valence-electron chi connectivity index (χ4n) is 3.07. The van der Waals surface area contributed by atoms with E-state index in [1.54, 1.807) is 7.05 Å². The lowest BCUT2D eigenvalue weighted by Gasteiger charge is -2.16. The summed E-state index contributed by atoms with van der Waals surface area (Å²) >= 11 is 0. The summed E-state index contributed by atoms with van der Waals surface area (Å²) in [5.74, 6) is 1.06. The molecular formula is C21H34N4O2. The molecule has 1 amide bonds. The first-order valence-corrected chi connectivity index (χ1v) is 10.1. The van der Waals surface area contributed by atoms with Gasteiger partial charge in [-0.25, -0.2) is 0 Å². The van der Waals surface area contributed by atoms with Crippen LogP contribution in [0.5, 0.6) is 0 Å². The van der Waals surface area contributed by atoms with Gasteiger partial charge < -0.3 is 20.3 Å². The summed E-state index contributed by atoms with van der Waals surface area (Å²) in [7, 11) is 1.78. The van der Waals surface area contributed by atoms with Gasteiger partial charge in [0, 0.05) is 52.9 Å². The topological polar surface area (TPSA) is 66.0 Å². The standard InChI is InChI=1S/C21H34N4O2/c1-3-4-13-27-14-7-11-23-21(22-2)24-16-18-8-5-9-19(15-18)17-25-12-6-10-20(25)26/h5,8-9,15H,3-4,6-7,10-14,16-17H2,1-2H3,(H2,22,23,24). The number of nitrogens with zero attached hydrogens (tertiary/aromatic N) is 2. The molecule has 0 atom stereocenters. The van der Waals surface area contributed by atoms with Gasteiger partial charge in [-0.3, -0.25) is 9.79 Å². The number of carbonyl (C=O) groups is 1. The van der Waals surface area contributed by atoms with Crippen molar-refractivity contribution in [2.75, 3.05) is 33.4 Å². The van der Waals surface area contributed by atoms with Crippen LogP contribution in [0.4, 0.5) is 0 Å². The van der Waals surface area contributed by atoms with E-state index in [4.69, 9.17) is 4.74 Å². The first kappa shape index (κ1) is 21.2. The molecule has 27 heavy (non-hydrogen) atoms. The largest absolute Gasteiger partial charge is 0.381 e. The van der Waals surface area contributed by atoms with E-state index in [9.17, 15) is 4.79 Å². The summed E-state index contributed by atoms with van der Waals surface area (Å²) in [5.41, 5.74) is 2.36. The minimum absolute atomic E-state index is 0.266. The SMILES string of the molecule is CCCCOCCCNC(=NC)NCc1cccc(CN2CCCC2=O)c1. The van der Waals surface area contributed by atoms with Crippen LogP contribution < -0.4 is 10.6 Å². The molecular weight excluding hydrogens is 340 g/mol. The normalized spacial score (nSPS) is 14.7. The van der Waals surface area contributed by atoms with Crippen LogP contribution in [0, 0.1) is 0 Å². The van der Waals surface area contributed by atoms with Crippen LogP contribution in [-0.2, 0) is 22.6 Å². The van der Waals surface area contributed by atoms with Gasteiger partial charge in [0.2, 0.25) is 5.91 Å². The molecule has 2 rings (SSSR count). The quantitative estimate of drug-likeness (QED) is 0.355. The molecule has 1 heterocycles. The van der Waals surface area contributed by atoms with Crippen molar-refractivity contribution in [3.63, 3.8) is 0 Å². The summed E-state index contributed by atoms with van der Waals surface area (Å²) in [6, 6.07) is 8.39. The molecule has 0 aliphatic carbocycles. The van der Waals surface area contributed by atoms with Crippen LogP contribution >= 0.6 is 0 Å². The number of guanidine groups is 1. The molecule has 1 fully saturated rings. The van der Waals surface area contributed by atoms with Crippen molar-refractivity contribution < 1.29 is 9.53 Å². The highest BCUT2D eigenvalue weighted by Gasteiger charge is 2.19. The van der Waals surface area contributed by atoms with Gasteiger partial charge in [0.1, 0.15) is 0 Å². The van der Waals surface area contributed by atoms with Crippen LogP contribution in [0.25, 0.3) is 0 Å². The maximum Gasteiger partial charge on any atom is 0.222 e. The van der Waals surface area contributed by atoms with E-state index >= 15 is 0 Å². The minimum atomic E-state index is 0.266. The number of benzene rings is 1. The number of ether oxygens (including phenoxy) is 1. The molecule has 0 spiro atoms. The second-order valence-corrected chi connectivity index (χ2v) is 6.91. The second kappa shape index (κ2) is 12.3. The first-order chi connectivity index (χ1) is 13.2. The predicted octanol–water partition coefficient (Wildman–Crippen LogP) is 2.68. The molecule has 1 aromatic rings. The molecule has 0 saturated carbocycles. The number of aliphatic imine (C=N–C) groups is 1. The van der Waals surface area contributed by atoms with Crippen molar-refractivity contribution in [1.82, 2.24) is 15.5 Å². The number of likely N-dealkylation sites (tertiary alicyclic amines) is 1. The third kappa shape index (κ3) is 7.99. The molecule has 2 N–H and O–H groups in total. The average molecular weight is 375 g/mol. The third-order valence-electron chi connectivity index (χ3n) is 4.62. The number of carbonyl (C=O) groups excluding carboxylic acids is 1. The zero-order valence-electron chi connectivity index (χ0n) is 16.8. The Morgan fingerprint density at radius 1 is 1.22 bits per heavy atom. The van der Waals surface area contributed by atoms with Crippen LogP contribution in [0.1, 0.15) is 50.2 Å². The smallest absolute Gasteiger partial charge is 0.222 e. The Hall–Kier alpha value is -2.08. The monoisotopic (exact) mass is 374 g/mol. The highest BCUT2D eigenvalue weighted by molar-refractivity contribution is 5.79. The van der Waals surface area contributed by atoms with Crippen LogP contribution in [0.3, 0.4) is 0 Å². The molecule has 0 bridgehead atoms. The highest BCUT2D eigenvalue weighted by atomic mass is 16.5. The van der Waals surface area contributed by atoms with Crippen LogP contribution in [0.15, 0.2) is 29.3 Å². The molecule has 1 aliphatic heterocycles. The summed E-state index contributed by atoms with van der Waals surface area (Å²) in [5, 5.41) is 6.66. The lowest BCUT2D eigenvalue weighted by atomic mass is 10.1. The number of unbranched alkanes of at least 4 members (excludes halogenated alkanes) is 1. The Morgan fingerprint density at radius 3 is 2.78 bits per heavy atom. The van der Waals surface area contributed by atoms with Crippen molar-refractivity contribution in [2.24, 2.45) is 4.99 Å². The Bertz CT molecular complexity index is 604. The van der Waals surface area contributed by atoms with Gasteiger partial charge in [-0.2, -0.15) is 0 Å². The zero-order chi connectivity index (χ0) is 19.3. The molecule has 6 nitrogen and oxygen atoms in total. The van der Waals surface area contributed by atoms with Gasteiger partial charge in [-0.1, -0.05) is 37.6 Å². The molecule has 0 radical (unpaired) electrons. The van der Waals surface area contributed by atoms with Crippen molar-refractivity contribution in [2.45, 2.75) is 52.1 Å². The van der Waals surface area contributed by atoms with E-state index in [1.165, 1.54) is 17.5 Å². The van der Waals surface area contributed by atoms with E-state index in [2.05, 4.69) is 46.8 Å². The Labute approximate surface area is 163 Å². The van der Waals surface area contributed by atoms with Crippen molar-refractivity contribution in [3.05, 3.63) is 35.4 Å². The second-order valence-electron chi connectivity index (χ2n) is 6.91. The molecule has 0 unspecified atom stereocenters. The van der Waals surface area contributed by atoms with E-state index < -0.39 is 0 Å². The first-order valence-electron chi connectivity index (χ1n) is 10.1. The lowest BCUT2D eigenvalue weighted by Crippen LogP contribution is -2.37. The fourth-order valence-corrected chi connectivity index (χ4v) is 3.07. The highest BCUT2D eigenvalue weighted by Crippen LogP contribution is 2.15. The lowest BCUT2D eigenvalue weighted by molar-refractivity contribution is -0.128. The fraction of sp³-hybridized carbons (Fsp3) is 0.619. The zero-order valence-corrected chi connectivity index (χ0v) is 16.8. The number of amides is 1. The molecule has 1 saturated heterocycles. The number of hydrogen-bond acceptors (Lipinski definition) is 3. The van der Waals surface area contributed by atoms with Crippen molar-refractivity contribution in [3.8, 4) is 0 Å². The molecule has 6 heteroatoms. The van der Waals surface area contributed by atoms with Crippen LogP contribution in [0.2, 0.25) is 0 Å². The van der Waals surface area contributed by atoms with Crippen molar-refractivity contribution >= 4 is 11.9 Å². The van der Waals surface area contributed by atoms with Gasteiger partial charge in [0.25, 0.3) is 0 Å². The summed E-state index contributed by atoms with van der Waals surface area (Å²) in [6.07, 6.45) is 4.92. The minimum Gasteiger partial charge on any atom is -0.381 e. The van der Waals surface area contributed by atoms with Gasteiger partial charge in [-0.05, 0) is 30.4 Å². The summed E-state index contributed by atoms with van der Waals surface area (Å²) in [4.78, 5) is 18.0. The van der Waals surface area contributed by atoms with E-state index in [-0.39, 0.29) is 5.91 Å². The van der Waals surface area contributed by atoms with Gasteiger partial charge in [-0.15, -0.1) is 0 Å². The average Bonchev–Trinajstić information content (AvgIpc) is 3.08. The maximum atomic E-state index is 11.8.